The van der Waals surface area contributed by atoms with Crippen LogP contribution in [0.1, 0.15) is 30.9 Å². The SMILES string of the molecule is COC1CCCC1NC(=O)NC(C(=O)O)c1cnn(C)c1. The number of urea groups is 1. The Bertz CT molecular complexity index is 516. The molecule has 116 valence electrons. The van der Waals surface area contributed by atoms with Gasteiger partial charge < -0.3 is 20.5 Å². The standard InChI is InChI=1S/C13H20N4O4/c1-17-7-8(6-14-17)11(12(18)19)16-13(20)15-9-4-3-5-10(9)21-2/h6-7,9-11H,3-5H2,1-2H3,(H,18,19)(H2,15,16,20). The van der Waals surface area contributed by atoms with Crippen LogP contribution in [0.2, 0.25) is 0 Å². The summed E-state index contributed by atoms with van der Waals surface area (Å²) in [5, 5.41) is 18.4. The molecule has 1 aliphatic carbocycles. The van der Waals surface area contributed by atoms with Gasteiger partial charge in [0.2, 0.25) is 0 Å². The quantitative estimate of drug-likeness (QED) is 0.730. The molecule has 2 rings (SSSR count). The Balaban J connectivity index is 1.97. The van der Waals surface area contributed by atoms with Crippen LogP contribution >= 0.6 is 0 Å². The number of carbonyl (C=O) groups is 2. The highest BCUT2D eigenvalue weighted by molar-refractivity contribution is 5.83. The summed E-state index contributed by atoms with van der Waals surface area (Å²) in [6, 6.07) is -1.72. The van der Waals surface area contributed by atoms with Gasteiger partial charge in [-0.2, -0.15) is 5.10 Å². The molecule has 1 aromatic heterocycles. The van der Waals surface area contributed by atoms with Gasteiger partial charge in [0.15, 0.2) is 6.04 Å². The first-order valence-electron chi connectivity index (χ1n) is 6.82. The Kier molecular flexibility index (Phi) is 4.79. The van der Waals surface area contributed by atoms with E-state index in [1.54, 1.807) is 20.4 Å². The maximum atomic E-state index is 12.0. The lowest BCUT2D eigenvalue weighted by atomic mass is 10.1. The van der Waals surface area contributed by atoms with Crippen LogP contribution in [-0.4, -0.2) is 46.1 Å². The Morgan fingerprint density at radius 1 is 1.52 bits per heavy atom. The fourth-order valence-electron chi connectivity index (χ4n) is 2.59. The van der Waals surface area contributed by atoms with Crippen molar-refractivity contribution >= 4 is 12.0 Å². The zero-order valence-corrected chi connectivity index (χ0v) is 12.1. The van der Waals surface area contributed by atoms with Crippen LogP contribution in [0.15, 0.2) is 12.4 Å². The van der Waals surface area contributed by atoms with Crippen LogP contribution in [0.5, 0.6) is 0 Å². The number of methoxy groups -OCH3 is 1. The smallest absolute Gasteiger partial charge is 0.331 e. The van der Waals surface area contributed by atoms with E-state index in [0.29, 0.717) is 5.56 Å². The first-order valence-corrected chi connectivity index (χ1v) is 6.82. The van der Waals surface area contributed by atoms with E-state index in [9.17, 15) is 14.7 Å². The molecule has 3 unspecified atom stereocenters. The van der Waals surface area contributed by atoms with Crippen molar-refractivity contribution in [2.75, 3.05) is 7.11 Å². The number of aromatic nitrogens is 2. The highest BCUT2D eigenvalue weighted by Gasteiger charge is 2.30. The lowest BCUT2D eigenvalue weighted by molar-refractivity contribution is -0.139. The second-order valence-corrected chi connectivity index (χ2v) is 5.15. The second kappa shape index (κ2) is 6.57. The molecule has 8 heteroatoms. The minimum absolute atomic E-state index is 0.0163. The summed E-state index contributed by atoms with van der Waals surface area (Å²) in [7, 11) is 3.29. The summed E-state index contributed by atoms with van der Waals surface area (Å²) in [6.07, 6.45) is 5.67. The number of ether oxygens (including phenoxy) is 1. The molecule has 0 aliphatic heterocycles. The molecule has 0 bridgehead atoms. The van der Waals surface area contributed by atoms with Crippen LogP contribution < -0.4 is 10.6 Å². The van der Waals surface area contributed by atoms with Crippen LogP contribution in [0.3, 0.4) is 0 Å². The van der Waals surface area contributed by atoms with Crippen molar-refractivity contribution < 1.29 is 19.4 Å². The number of rotatable bonds is 5. The number of amides is 2. The second-order valence-electron chi connectivity index (χ2n) is 5.15. The van der Waals surface area contributed by atoms with Gasteiger partial charge in [-0.1, -0.05) is 0 Å². The van der Waals surface area contributed by atoms with Gasteiger partial charge in [0, 0.05) is 25.9 Å². The molecule has 1 saturated carbocycles. The summed E-state index contributed by atoms with van der Waals surface area (Å²) in [6.45, 7) is 0. The molecule has 1 aliphatic rings. The molecule has 2 amide bonds. The van der Waals surface area contributed by atoms with E-state index in [4.69, 9.17) is 4.74 Å². The predicted octanol–water partition coefficient (Wildman–Crippen LogP) is 0.413. The highest BCUT2D eigenvalue weighted by atomic mass is 16.5. The van der Waals surface area contributed by atoms with Crippen LogP contribution in [-0.2, 0) is 16.6 Å². The fraction of sp³-hybridized carbons (Fsp3) is 0.615. The van der Waals surface area contributed by atoms with Crippen LogP contribution in [0.4, 0.5) is 4.79 Å². The molecule has 0 radical (unpaired) electrons. The maximum Gasteiger partial charge on any atom is 0.331 e. The first kappa shape index (κ1) is 15.3. The lowest BCUT2D eigenvalue weighted by Gasteiger charge is -2.21. The topological polar surface area (TPSA) is 105 Å². The van der Waals surface area contributed by atoms with Crippen molar-refractivity contribution in [2.45, 2.75) is 37.5 Å². The third kappa shape index (κ3) is 3.72. The first-order chi connectivity index (χ1) is 10.0. The van der Waals surface area contributed by atoms with Crippen molar-refractivity contribution in [3.63, 3.8) is 0 Å². The number of carboxylic acids is 1. The van der Waals surface area contributed by atoms with E-state index < -0.39 is 18.0 Å². The van der Waals surface area contributed by atoms with Crippen molar-refractivity contribution in [1.82, 2.24) is 20.4 Å². The number of nitrogens with one attached hydrogen (secondary N) is 2. The maximum absolute atomic E-state index is 12.0. The minimum atomic E-state index is -1.13. The minimum Gasteiger partial charge on any atom is -0.479 e. The average Bonchev–Trinajstić information content (AvgIpc) is 3.04. The Morgan fingerprint density at radius 3 is 2.86 bits per heavy atom. The third-order valence-electron chi connectivity index (χ3n) is 3.65. The molecule has 1 heterocycles. The van der Waals surface area contributed by atoms with Crippen molar-refractivity contribution in [2.24, 2.45) is 7.05 Å². The lowest BCUT2D eigenvalue weighted by Crippen LogP contribution is -2.48. The molecule has 3 atom stereocenters. The van der Waals surface area contributed by atoms with E-state index in [-0.39, 0.29) is 12.1 Å². The zero-order chi connectivity index (χ0) is 15.4. The van der Waals surface area contributed by atoms with Gasteiger partial charge in [-0.3, -0.25) is 4.68 Å². The van der Waals surface area contributed by atoms with Gasteiger partial charge in [-0.15, -0.1) is 0 Å². The molecule has 1 fully saturated rings. The number of nitrogens with zero attached hydrogens (tertiary/aromatic N) is 2. The molecular weight excluding hydrogens is 276 g/mol. The number of aryl methyl sites for hydroxylation is 1. The van der Waals surface area contributed by atoms with E-state index >= 15 is 0 Å². The molecule has 21 heavy (non-hydrogen) atoms. The Morgan fingerprint density at radius 2 is 2.29 bits per heavy atom. The van der Waals surface area contributed by atoms with E-state index in [2.05, 4.69) is 15.7 Å². The summed E-state index contributed by atoms with van der Waals surface area (Å²) in [5.74, 6) is -1.13. The molecule has 1 aromatic rings. The van der Waals surface area contributed by atoms with E-state index in [1.807, 2.05) is 0 Å². The molecule has 0 aromatic carbocycles. The number of carbonyl (C=O) groups excluding carboxylic acids is 1. The summed E-state index contributed by atoms with van der Waals surface area (Å²) in [5.41, 5.74) is 0.426. The van der Waals surface area contributed by atoms with E-state index in [0.717, 1.165) is 19.3 Å². The number of carboxylic acid groups (broad SMARTS) is 1. The van der Waals surface area contributed by atoms with Crippen molar-refractivity contribution in [3.8, 4) is 0 Å². The van der Waals surface area contributed by atoms with Crippen molar-refractivity contribution in [1.29, 1.82) is 0 Å². The number of hydrogen-bond donors (Lipinski definition) is 3. The Hall–Kier alpha value is -2.09. The summed E-state index contributed by atoms with van der Waals surface area (Å²) in [4.78, 5) is 23.3. The fourth-order valence-corrected chi connectivity index (χ4v) is 2.59. The summed E-state index contributed by atoms with van der Waals surface area (Å²) >= 11 is 0. The van der Waals surface area contributed by atoms with Gasteiger partial charge in [-0.05, 0) is 19.3 Å². The van der Waals surface area contributed by atoms with Gasteiger partial charge >= 0.3 is 12.0 Å². The van der Waals surface area contributed by atoms with Crippen LogP contribution in [0.25, 0.3) is 0 Å². The predicted molar refractivity (Wildman–Crippen MR) is 73.7 cm³/mol. The molecule has 0 saturated heterocycles. The van der Waals surface area contributed by atoms with Gasteiger partial charge in [-0.25, -0.2) is 9.59 Å². The average molecular weight is 296 g/mol. The molecule has 0 spiro atoms. The van der Waals surface area contributed by atoms with Gasteiger partial charge in [0.05, 0.1) is 18.3 Å². The highest BCUT2D eigenvalue weighted by Crippen LogP contribution is 2.21. The molecule has 3 N–H and O–H groups in total. The van der Waals surface area contributed by atoms with Crippen LogP contribution in [0, 0.1) is 0 Å². The van der Waals surface area contributed by atoms with Gasteiger partial charge in [0.25, 0.3) is 0 Å². The summed E-state index contributed by atoms with van der Waals surface area (Å²) < 4.78 is 6.78. The van der Waals surface area contributed by atoms with Crippen molar-refractivity contribution in [3.05, 3.63) is 18.0 Å². The number of aliphatic carboxylic acids is 1. The largest absolute Gasteiger partial charge is 0.479 e. The van der Waals surface area contributed by atoms with Gasteiger partial charge in [0.1, 0.15) is 0 Å². The third-order valence-corrected chi connectivity index (χ3v) is 3.65. The number of hydrogen-bond acceptors (Lipinski definition) is 4. The normalized spacial score (nSPS) is 22.8. The monoisotopic (exact) mass is 296 g/mol. The Labute approximate surface area is 122 Å². The molecule has 8 nitrogen and oxygen atoms in total. The molecular formula is C13H20N4O4. The van der Waals surface area contributed by atoms with E-state index in [1.165, 1.54) is 10.9 Å². The zero-order valence-electron chi connectivity index (χ0n) is 12.1.